The van der Waals surface area contributed by atoms with Crippen LogP contribution in [0.25, 0.3) is 22.2 Å². The van der Waals surface area contributed by atoms with Gasteiger partial charge >= 0.3 is 0 Å². The molecule has 2 aromatic carbocycles. The molecule has 4 aromatic rings. The normalized spacial score (nSPS) is 20.7. The van der Waals surface area contributed by atoms with Crippen molar-refractivity contribution in [3.8, 4) is 22.9 Å². The lowest BCUT2D eigenvalue weighted by Crippen LogP contribution is -2.39. The molecule has 0 bridgehead atoms. The fraction of sp³-hybridized carbons (Fsp3) is 0.364. The van der Waals surface area contributed by atoms with Crippen molar-refractivity contribution >= 4 is 17.0 Å². The molecule has 1 N–H and O–H groups in total. The number of furan rings is 1. The second kappa shape index (κ2) is 12.9. The molecule has 3 atom stereocenters. The van der Waals surface area contributed by atoms with Crippen molar-refractivity contribution in [2.75, 3.05) is 40.5 Å². The number of likely N-dealkylation sites (N-methyl/N-ethyl adjacent to an activating group) is 1. The molecule has 2 aliphatic rings. The molecule has 2 aromatic heterocycles. The lowest BCUT2D eigenvalue weighted by atomic mass is 9.95. The quantitative estimate of drug-likeness (QED) is 0.275. The molecule has 0 radical (unpaired) electrons. The van der Waals surface area contributed by atoms with Crippen molar-refractivity contribution in [3.05, 3.63) is 83.7 Å². The number of nitriles is 1. The lowest BCUT2D eigenvalue weighted by molar-refractivity contribution is -0.0114. The van der Waals surface area contributed by atoms with E-state index in [0.717, 1.165) is 24.0 Å². The van der Waals surface area contributed by atoms with E-state index in [0.29, 0.717) is 53.6 Å². The van der Waals surface area contributed by atoms with Gasteiger partial charge in [0.1, 0.15) is 35.3 Å². The van der Waals surface area contributed by atoms with Crippen molar-refractivity contribution in [2.45, 2.75) is 31.1 Å². The molecule has 43 heavy (non-hydrogen) atoms. The number of amides is 1. The summed E-state index contributed by atoms with van der Waals surface area (Å²) < 4.78 is 24.3. The van der Waals surface area contributed by atoms with E-state index in [-0.39, 0.29) is 30.6 Å². The first-order valence-corrected chi connectivity index (χ1v) is 14.4. The molecule has 222 valence electrons. The number of carbonyl (C=O) groups excluding carboxylic acids is 1. The molecule has 0 spiro atoms. The third-order valence-electron chi connectivity index (χ3n) is 8.05. The number of pyridine rings is 1. The van der Waals surface area contributed by atoms with Crippen LogP contribution in [0, 0.1) is 17.2 Å². The molecular formula is C33H34N4O6. The second-order valence-corrected chi connectivity index (χ2v) is 11.0. The van der Waals surface area contributed by atoms with Crippen molar-refractivity contribution < 1.29 is 28.3 Å². The van der Waals surface area contributed by atoms with Crippen molar-refractivity contribution in [3.63, 3.8) is 0 Å². The Morgan fingerprint density at radius 1 is 1.12 bits per heavy atom. The number of nitrogens with one attached hydrogen (secondary N) is 1. The van der Waals surface area contributed by atoms with Gasteiger partial charge in [-0.1, -0.05) is 24.3 Å². The van der Waals surface area contributed by atoms with Crippen molar-refractivity contribution in [1.82, 2.24) is 15.4 Å². The molecule has 0 aliphatic carbocycles. The Morgan fingerprint density at radius 2 is 1.93 bits per heavy atom. The maximum atomic E-state index is 12.5. The zero-order chi connectivity index (χ0) is 29.8. The van der Waals surface area contributed by atoms with Gasteiger partial charge < -0.3 is 23.5 Å². The van der Waals surface area contributed by atoms with E-state index in [1.54, 1.807) is 30.5 Å². The summed E-state index contributed by atoms with van der Waals surface area (Å²) in [6.07, 6.45) is 2.96. The highest BCUT2D eigenvalue weighted by Crippen LogP contribution is 2.41. The second-order valence-electron chi connectivity index (χ2n) is 11.0. The molecule has 4 heterocycles. The number of fused-ring (bicyclic) bond motifs is 1. The van der Waals surface area contributed by atoms with Crippen LogP contribution in [0.15, 0.2) is 71.3 Å². The third-order valence-corrected chi connectivity index (χ3v) is 8.05. The van der Waals surface area contributed by atoms with Crippen LogP contribution in [0.2, 0.25) is 0 Å². The Kier molecular flexibility index (Phi) is 8.67. The molecule has 0 saturated carbocycles. The predicted molar refractivity (Wildman–Crippen MR) is 158 cm³/mol. The molecule has 2 aliphatic heterocycles. The van der Waals surface area contributed by atoms with Gasteiger partial charge in [0.15, 0.2) is 5.58 Å². The molecule has 1 amide bonds. The average Bonchev–Trinajstić information content (AvgIpc) is 3.67. The molecule has 10 nitrogen and oxygen atoms in total. The monoisotopic (exact) mass is 582 g/mol. The van der Waals surface area contributed by atoms with E-state index in [2.05, 4.69) is 21.4 Å². The van der Waals surface area contributed by atoms with E-state index in [4.69, 9.17) is 23.5 Å². The highest BCUT2D eigenvalue weighted by Gasteiger charge is 2.42. The highest BCUT2D eigenvalue weighted by atomic mass is 16.7. The highest BCUT2D eigenvalue weighted by molar-refractivity contribution is 5.93. The minimum Gasteiger partial charge on any atom is -0.489 e. The van der Waals surface area contributed by atoms with Gasteiger partial charge in [-0.2, -0.15) is 5.26 Å². The molecular weight excluding hydrogens is 548 g/mol. The van der Waals surface area contributed by atoms with Gasteiger partial charge in [0.05, 0.1) is 32.0 Å². The number of ether oxygens (including phenoxy) is 3. The van der Waals surface area contributed by atoms with Crippen LogP contribution in [-0.2, 0) is 14.3 Å². The molecule has 1 unspecified atom stereocenters. The van der Waals surface area contributed by atoms with Crippen molar-refractivity contribution in [2.24, 2.45) is 5.92 Å². The maximum Gasteiger partial charge on any atom is 0.274 e. The SMILES string of the molecule is CN(C)[C@H]1COC(c2cc3nccc(-c4ccc(OC5CCOCC5)c(C#N)c4)c3o2)[C@H]1CONC(=O)c1ccccc1. The Morgan fingerprint density at radius 3 is 2.70 bits per heavy atom. The number of aromatic nitrogens is 1. The number of hydrogen-bond donors (Lipinski definition) is 1. The van der Waals surface area contributed by atoms with E-state index in [1.807, 2.05) is 50.5 Å². The Labute approximate surface area is 250 Å². The minimum absolute atomic E-state index is 0.0351. The van der Waals surface area contributed by atoms with Gasteiger partial charge in [0, 0.05) is 48.2 Å². The summed E-state index contributed by atoms with van der Waals surface area (Å²) in [6, 6.07) is 20.6. The summed E-state index contributed by atoms with van der Waals surface area (Å²) in [5.74, 6) is 0.764. The lowest BCUT2D eigenvalue weighted by Gasteiger charge is -2.26. The van der Waals surface area contributed by atoms with Crippen LogP contribution >= 0.6 is 0 Å². The predicted octanol–water partition coefficient (Wildman–Crippen LogP) is 4.90. The van der Waals surface area contributed by atoms with Crippen LogP contribution in [-0.4, -0.2) is 68.5 Å². The van der Waals surface area contributed by atoms with E-state index in [1.165, 1.54) is 0 Å². The number of nitrogens with zero attached hydrogens (tertiary/aromatic N) is 3. The first-order chi connectivity index (χ1) is 21.0. The van der Waals surface area contributed by atoms with Gasteiger partial charge in [0.25, 0.3) is 5.91 Å². The fourth-order valence-corrected chi connectivity index (χ4v) is 5.71. The summed E-state index contributed by atoms with van der Waals surface area (Å²) in [6.45, 7) is 2.03. The molecule has 6 rings (SSSR count). The van der Waals surface area contributed by atoms with Crippen LogP contribution in [0.4, 0.5) is 0 Å². The minimum atomic E-state index is -0.409. The van der Waals surface area contributed by atoms with E-state index in [9.17, 15) is 10.1 Å². The number of hydroxylamine groups is 1. The standard InChI is InChI=1S/C33H34N4O6/c1-37(2)28-20-40-32(26(28)19-41-36-33(38)21-6-4-3-5-7-21)30-17-27-31(43-30)25(10-13-35-27)22-8-9-29(23(16-22)18-34)42-24-11-14-39-15-12-24/h3-10,13,16-17,24,26,28,32H,11-12,14-15,19-20H2,1-2H3,(H,36,38)/t26-,28-,32?/m0/s1. The summed E-state index contributed by atoms with van der Waals surface area (Å²) in [5, 5.41) is 9.90. The third kappa shape index (κ3) is 6.26. The van der Waals surface area contributed by atoms with Crippen LogP contribution < -0.4 is 10.2 Å². The first-order valence-electron chi connectivity index (χ1n) is 14.4. The zero-order valence-corrected chi connectivity index (χ0v) is 24.2. The number of rotatable bonds is 9. The fourth-order valence-electron chi connectivity index (χ4n) is 5.71. The van der Waals surface area contributed by atoms with E-state index >= 15 is 0 Å². The van der Waals surface area contributed by atoms with Gasteiger partial charge in [-0.05, 0) is 50.0 Å². The topological polar surface area (TPSA) is 119 Å². The first kappa shape index (κ1) is 28.8. The summed E-state index contributed by atoms with van der Waals surface area (Å²) in [7, 11) is 3.99. The van der Waals surface area contributed by atoms with Gasteiger partial charge in [0.2, 0.25) is 0 Å². The smallest absolute Gasteiger partial charge is 0.274 e. The molecule has 10 heteroatoms. The van der Waals surface area contributed by atoms with Gasteiger partial charge in [-0.3, -0.25) is 14.6 Å². The molecule has 2 fully saturated rings. The van der Waals surface area contributed by atoms with Gasteiger partial charge in [-0.15, -0.1) is 0 Å². The number of carbonyl (C=O) groups is 1. The Hall–Kier alpha value is -4.27. The summed E-state index contributed by atoms with van der Waals surface area (Å²) in [4.78, 5) is 24.9. The Bertz CT molecular complexity index is 1610. The largest absolute Gasteiger partial charge is 0.489 e. The number of hydrogen-bond acceptors (Lipinski definition) is 9. The van der Waals surface area contributed by atoms with Crippen LogP contribution in [0.1, 0.15) is 40.6 Å². The maximum absolute atomic E-state index is 12.5. The van der Waals surface area contributed by atoms with Crippen LogP contribution in [0.5, 0.6) is 5.75 Å². The average molecular weight is 583 g/mol. The van der Waals surface area contributed by atoms with Gasteiger partial charge in [-0.25, -0.2) is 5.48 Å². The van der Waals surface area contributed by atoms with Crippen LogP contribution in [0.3, 0.4) is 0 Å². The zero-order valence-electron chi connectivity index (χ0n) is 24.2. The molecule has 2 saturated heterocycles. The summed E-state index contributed by atoms with van der Waals surface area (Å²) in [5.41, 5.74) is 6.46. The van der Waals surface area contributed by atoms with Crippen molar-refractivity contribution in [1.29, 1.82) is 5.26 Å². The summed E-state index contributed by atoms with van der Waals surface area (Å²) >= 11 is 0. The number of benzene rings is 2. The van der Waals surface area contributed by atoms with E-state index < -0.39 is 6.10 Å². The Balaban J connectivity index is 1.23.